The van der Waals surface area contributed by atoms with Crippen molar-refractivity contribution in [2.45, 2.75) is 24.4 Å². The third-order valence-corrected chi connectivity index (χ3v) is 6.94. The van der Waals surface area contributed by atoms with E-state index in [1.165, 1.54) is 13.2 Å². The van der Waals surface area contributed by atoms with E-state index in [0.29, 0.717) is 22.0 Å². The summed E-state index contributed by atoms with van der Waals surface area (Å²) in [5, 5.41) is 6.41. The minimum Gasteiger partial charge on any atom is -0.495 e. The zero-order chi connectivity index (χ0) is 23.5. The number of nitrogens with two attached hydrogens (primary N) is 1. The van der Waals surface area contributed by atoms with Gasteiger partial charge in [0.2, 0.25) is 23.6 Å². The van der Waals surface area contributed by atoms with E-state index in [1.807, 2.05) is 0 Å². The van der Waals surface area contributed by atoms with Crippen LogP contribution in [0, 0.1) is 11.8 Å². The van der Waals surface area contributed by atoms with Crippen molar-refractivity contribution in [2.24, 2.45) is 17.6 Å². The zero-order valence-electron chi connectivity index (χ0n) is 17.6. The first-order valence-corrected chi connectivity index (χ1v) is 10.9. The summed E-state index contributed by atoms with van der Waals surface area (Å²) in [6, 6.07) is 11.1. The van der Waals surface area contributed by atoms with E-state index in [-0.39, 0.29) is 18.5 Å². The first kappa shape index (κ1) is 21.4. The lowest BCUT2D eigenvalue weighted by molar-refractivity contribution is -0.130. The lowest BCUT2D eigenvalue weighted by Gasteiger charge is -2.29. The molecule has 9 nitrogen and oxygen atoms in total. The van der Waals surface area contributed by atoms with Crippen molar-refractivity contribution < 1.29 is 23.9 Å². The average molecular weight is 469 g/mol. The predicted octanol–water partition coefficient (Wildman–Crippen LogP) is 1.54. The van der Waals surface area contributed by atoms with Crippen molar-refractivity contribution >= 4 is 46.6 Å². The molecule has 0 saturated carbocycles. The van der Waals surface area contributed by atoms with Crippen LogP contribution in [0.4, 0.5) is 11.4 Å². The number of para-hydroxylation sites is 1. The van der Waals surface area contributed by atoms with E-state index >= 15 is 0 Å². The largest absolute Gasteiger partial charge is 0.495 e. The Kier molecular flexibility index (Phi) is 4.91. The molecule has 0 aliphatic carbocycles. The summed E-state index contributed by atoms with van der Waals surface area (Å²) in [5.41, 5.74) is 5.28. The Morgan fingerprint density at radius 1 is 1.18 bits per heavy atom. The van der Waals surface area contributed by atoms with Crippen LogP contribution in [0.3, 0.4) is 0 Å². The van der Waals surface area contributed by atoms with E-state index in [9.17, 15) is 19.2 Å². The number of carbonyl (C=O) groups excluding carboxylic acids is 4. The highest BCUT2D eigenvalue weighted by molar-refractivity contribution is 6.32. The van der Waals surface area contributed by atoms with E-state index in [0.717, 1.165) is 4.90 Å². The van der Waals surface area contributed by atoms with Gasteiger partial charge in [0.05, 0.1) is 24.6 Å². The molecule has 4 atom stereocenters. The number of halogens is 1. The van der Waals surface area contributed by atoms with Gasteiger partial charge in [-0.05, 0) is 30.7 Å². The Bertz CT molecular complexity index is 1220. The second-order valence-corrected chi connectivity index (χ2v) is 8.83. The molecule has 0 aromatic heterocycles. The number of benzene rings is 2. The van der Waals surface area contributed by atoms with Crippen molar-refractivity contribution in [2.75, 3.05) is 17.3 Å². The van der Waals surface area contributed by atoms with Gasteiger partial charge in [0, 0.05) is 28.7 Å². The summed E-state index contributed by atoms with van der Waals surface area (Å²) in [6.45, 7) is 0. The van der Waals surface area contributed by atoms with Crippen LogP contribution in [0.15, 0.2) is 42.5 Å². The molecule has 0 radical (unpaired) electrons. The molecule has 0 unspecified atom stereocenters. The number of methoxy groups -OCH3 is 1. The number of ether oxygens (including phenoxy) is 1. The standard InChI is InChI=1S/C23H21ClN4O5/c1-33-16-8-6-11(24)10-15(16)28-20(30)18-14(7-9-17(25)29)27-23(19(18)21(28)31)12-4-2-3-5-13(12)26-22(23)32/h2-6,8,10,14,18-19,27H,7,9H2,1H3,(H2,25,29)(H,26,32)/t14-,18+,19+,23+/m0/s1. The van der Waals surface area contributed by atoms with Crippen LogP contribution in [0.2, 0.25) is 5.02 Å². The Morgan fingerprint density at radius 2 is 1.94 bits per heavy atom. The number of carbonyl (C=O) groups is 4. The number of anilines is 2. The SMILES string of the molecule is COc1ccc(Cl)cc1N1C(=O)[C@@H]2[C@H](CCC(N)=O)N[C@@]3(C(=O)Nc4ccccc43)[C@H]2C1=O. The fourth-order valence-corrected chi connectivity index (χ4v) is 5.55. The number of imide groups is 1. The van der Waals surface area contributed by atoms with Crippen LogP contribution in [0.1, 0.15) is 18.4 Å². The predicted molar refractivity (Wildman–Crippen MR) is 120 cm³/mol. The third-order valence-electron chi connectivity index (χ3n) is 6.71. The lowest BCUT2D eigenvalue weighted by atomic mass is 9.76. The minimum atomic E-state index is -1.45. The normalized spacial score (nSPS) is 27.6. The van der Waals surface area contributed by atoms with Gasteiger partial charge in [0.15, 0.2) is 0 Å². The first-order valence-electron chi connectivity index (χ1n) is 10.5. The fourth-order valence-electron chi connectivity index (χ4n) is 5.38. The molecule has 2 saturated heterocycles. The molecule has 2 fully saturated rings. The summed E-state index contributed by atoms with van der Waals surface area (Å²) in [4.78, 5) is 53.5. The third kappa shape index (κ3) is 2.96. The number of hydrogen-bond donors (Lipinski definition) is 3. The van der Waals surface area contributed by atoms with E-state index in [2.05, 4.69) is 10.6 Å². The summed E-state index contributed by atoms with van der Waals surface area (Å²) in [7, 11) is 1.43. The Balaban J connectivity index is 1.66. The number of fused-ring (bicyclic) bond motifs is 4. The molecule has 5 rings (SSSR count). The molecule has 3 aliphatic rings. The highest BCUT2D eigenvalue weighted by Gasteiger charge is 2.70. The van der Waals surface area contributed by atoms with Gasteiger partial charge in [0.25, 0.3) is 0 Å². The highest BCUT2D eigenvalue weighted by Crippen LogP contribution is 2.54. The van der Waals surface area contributed by atoms with Crippen LogP contribution in [-0.4, -0.2) is 36.8 Å². The first-order chi connectivity index (χ1) is 15.8. The van der Waals surface area contributed by atoms with Gasteiger partial charge in [-0.15, -0.1) is 0 Å². The lowest BCUT2D eigenvalue weighted by Crippen LogP contribution is -2.53. The molecular weight excluding hydrogens is 448 g/mol. The molecular formula is C23H21ClN4O5. The minimum absolute atomic E-state index is 0.00217. The summed E-state index contributed by atoms with van der Waals surface area (Å²) < 4.78 is 5.37. The van der Waals surface area contributed by atoms with Gasteiger partial charge >= 0.3 is 0 Å². The van der Waals surface area contributed by atoms with Gasteiger partial charge in [0.1, 0.15) is 11.3 Å². The van der Waals surface area contributed by atoms with Crippen molar-refractivity contribution in [3.8, 4) is 5.75 Å². The van der Waals surface area contributed by atoms with Crippen molar-refractivity contribution in [1.29, 1.82) is 0 Å². The van der Waals surface area contributed by atoms with Gasteiger partial charge in [-0.1, -0.05) is 29.8 Å². The van der Waals surface area contributed by atoms with Crippen LogP contribution in [-0.2, 0) is 24.7 Å². The molecule has 0 bridgehead atoms. The molecule has 3 aliphatic heterocycles. The van der Waals surface area contributed by atoms with Gasteiger partial charge in [-0.25, -0.2) is 4.90 Å². The van der Waals surface area contributed by atoms with Gasteiger partial charge < -0.3 is 15.8 Å². The van der Waals surface area contributed by atoms with Crippen molar-refractivity contribution in [1.82, 2.24) is 5.32 Å². The number of rotatable bonds is 5. The smallest absolute Gasteiger partial charge is 0.250 e. The van der Waals surface area contributed by atoms with Crippen molar-refractivity contribution in [3.63, 3.8) is 0 Å². The Labute approximate surface area is 194 Å². The molecule has 2 aromatic carbocycles. The maximum atomic E-state index is 13.9. The van der Waals surface area contributed by atoms with E-state index in [1.54, 1.807) is 36.4 Å². The molecule has 3 heterocycles. The number of hydrogen-bond acceptors (Lipinski definition) is 6. The zero-order valence-corrected chi connectivity index (χ0v) is 18.4. The summed E-state index contributed by atoms with van der Waals surface area (Å²) in [6.07, 6.45) is 0.204. The quantitative estimate of drug-likeness (QED) is 0.570. The Morgan fingerprint density at radius 3 is 2.67 bits per heavy atom. The van der Waals surface area contributed by atoms with Crippen LogP contribution >= 0.6 is 11.6 Å². The number of nitrogens with zero attached hydrogens (tertiary/aromatic N) is 1. The van der Waals surface area contributed by atoms with Gasteiger partial charge in [-0.3, -0.25) is 24.5 Å². The second-order valence-electron chi connectivity index (χ2n) is 8.40. The summed E-state index contributed by atoms with van der Waals surface area (Å²) >= 11 is 6.16. The van der Waals surface area contributed by atoms with Gasteiger partial charge in [-0.2, -0.15) is 0 Å². The topological polar surface area (TPSA) is 131 Å². The molecule has 4 amide bonds. The fraction of sp³-hybridized carbons (Fsp3) is 0.304. The molecule has 4 N–H and O–H groups in total. The number of amides is 4. The van der Waals surface area contributed by atoms with Crippen LogP contribution < -0.4 is 26.0 Å². The highest BCUT2D eigenvalue weighted by atomic mass is 35.5. The maximum absolute atomic E-state index is 13.9. The van der Waals surface area contributed by atoms with E-state index in [4.69, 9.17) is 22.1 Å². The Hall–Kier alpha value is -3.43. The van der Waals surface area contributed by atoms with Crippen LogP contribution in [0.25, 0.3) is 0 Å². The molecule has 170 valence electrons. The summed E-state index contributed by atoms with van der Waals surface area (Å²) in [5.74, 6) is -3.56. The molecule has 33 heavy (non-hydrogen) atoms. The van der Waals surface area contributed by atoms with Crippen molar-refractivity contribution in [3.05, 3.63) is 53.1 Å². The number of nitrogens with one attached hydrogen (secondary N) is 2. The van der Waals surface area contributed by atoms with E-state index < -0.39 is 47.0 Å². The molecule has 2 aromatic rings. The monoisotopic (exact) mass is 468 g/mol. The maximum Gasteiger partial charge on any atom is 0.250 e. The molecule has 1 spiro atoms. The average Bonchev–Trinajstić information content (AvgIpc) is 3.37. The second kappa shape index (κ2) is 7.57. The van der Waals surface area contributed by atoms with Crippen LogP contribution in [0.5, 0.6) is 5.75 Å². The number of primary amides is 1. The molecule has 10 heteroatoms.